The molecule has 0 heterocycles. The van der Waals surface area contributed by atoms with Crippen LogP contribution in [-0.2, 0) is 0 Å². The summed E-state index contributed by atoms with van der Waals surface area (Å²) in [7, 11) is 0. The molecule has 0 aliphatic rings. The van der Waals surface area contributed by atoms with E-state index in [9.17, 15) is 4.79 Å². The SMILES string of the molecule is C[C@H](NC(=O)c1ccc(Br)c(N)c1)c1cccc(Cl)c1. The first-order valence-corrected chi connectivity index (χ1v) is 7.26. The van der Waals surface area contributed by atoms with Crippen molar-refractivity contribution in [2.75, 3.05) is 5.73 Å². The van der Waals surface area contributed by atoms with E-state index in [0.717, 1.165) is 10.0 Å². The Morgan fingerprint density at radius 3 is 2.70 bits per heavy atom. The predicted molar refractivity (Wildman–Crippen MR) is 85.9 cm³/mol. The summed E-state index contributed by atoms with van der Waals surface area (Å²) in [4.78, 5) is 12.2. The molecule has 0 unspecified atom stereocenters. The molecule has 0 bridgehead atoms. The molecular weight excluding hydrogens is 340 g/mol. The van der Waals surface area contributed by atoms with Gasteiger partial charge < -0.3 is 11.1 Å². The normalized spacial score (nSPS) is 11.9. The van der Waals surface area contributed by atoms with Crippen LogP contribution in [0.3, 0.4) is 0 Å². The Morgan fingerprint density at radius 2 is 2.05 bits per heavy atom. The average Bonchev–Trinajstić information content (AvgIpc) is 2.41. The smallest absolute Gasteiger partial charge is 0.251 e. The summed E-state index contributed by atoms with van der Waals surface area (Å²) in [5.74, 6) is -0.170. The summed E-state index contributed by atoms with van der Waals surface area (Å²) >= 11 is 9.25. The second-order valence-corrected chi connectivity index (χ2v) is 5.78. The van der Waals surface area contributed by atoms with Gasteiger partial charge in [-0.3, -0.25) is 4.79 Å². The second kappa shape index (κ2) is 6.29. The van der Waals surface area contributed by atoms with Gasteiger partial charge in [-0.25, -0.2) is 0 Å². The minimum atomic E-state index is -0.170. The monoisotopic (exact) mass is 352 g/mol. The Hall–Kier alpha value is -1.52. The molecule has 1 amide bonds. The highest BCUT2D eigenvalue weighted by atomic mass is 79.9. The van der Waals surface area contributed by atoms with Crippen molar-refractivity contribution < 1.29 is 4.79 Å². The largest absolute Gasteiger partial charge is 0.398 e. The number of anilines is 1. The highest BCUT2D eigenvalue weighted by Crippen LogP contribution is 2.21. The Morgan fingerprint density at radius 1 is 1.30 bits per heavy atom. The molecule has 2 rings (SSSR count). The summed E-state index contributed by atoms with van der Waals surface area (Å²) < 4.78 is 0.775. The lowest BCUT2D eigenvalue weighted by Crippen LogP contribution is -2.26. The first-order valence-electron chi connectivity index (χ1n) is 6.08. The van der Waals surface area contributed by atoms with Gasteiger partial charge >= 0.3 is 0 Å². The van der Waals surface area contributed by atoms with Gasteiger partial charge in [-0.15, -0.1) is 0 Å². The van der Waals surface area contributed by atoms with Crippen molar-refractivity contribution in [2.24, 2.45) is 0 Å². The minimum Gasteiger partial charge on any atom is -0.398 e. The van der Waals surface area contributed by atoms with Crippen LogP contribution in [0, 0.1) is 0 Å². The Kier molecular flexibility index (Phi) is 4.68. The van der Waals surface area contributed by atoms with Gasteiger partial charge in [0.15, 0.2) is 0 Å². The standard InChI is InChI=1S/C15H14BrClN2O/c1-9(10-3-2-4-12(17)7-10)19-15(20)11-5-6-13(16)14(18)8-11/h2-9H,18H2,1H3,(H,19,20)/t9-/m0/s1. The molecule has 0 spiro atoms. The predicted octanol–water partition coefficient (Wildman–Crippen LogP) is 4.18. The third-order valence-corrected chi connectivity index (χ3v) is 3.91. The summed E-state index contributed by atoms with van der Waals surface area (Å²) in [5.41, 5.74) is 7.79. The second-order valence-electron chi connectivity index (χ2n) is 4.49. The fraction of sp³-hybridized carbons (Fsp3) is 0.133. The first-order chi connectivity index (χ1) is 9.47. The molecule has 3 nitrogen and oxygen atoms in total. The Labute approximate surface area is 131 Å². The molecule has 5 heteroatoms. The van der Waals surface area contributed by atoms with Crippen LogP contribution in [0.2, 0.25) is 5.02 Å². The number of nitrogen functional groups attached to an aromatic ring is 1. The number of nitrogens with one attached hydrogen (secondary N) is 1. The van der Waals surface area contributed by atoms with E-state index in [2.05, 4.69) is 21.2 Å². The van der Waals surface area contributed by atoms with E-state index < -0.39 is 0 Å². The number of carbonyl (C=O) groups excluding carboxylic acids is 1. The number of rotatable bonds is 3. The number of benzene rings is 2. The third-order valence-electron chi connectivity index (χ3n) is 2.95. The molecule has 0 saturated heterocycles. The lowest BCUT2D eigenvalue weighted by atomic mass is 10.1. The maximum atomic E-state index is 12.2. The molecular formula is C15H14BrClN2O. The van der Waals surface area contributed by atoms with Crippen LogP contribution in [0.5, 0.6) is 0 Å². The Bertz CT molecular complexity index is 646. The molecule has 0 aliphatic carbocycles. The summed E-state index contributed by atoms with van der Waals surface area (Å²) in [5, 5.41) is 3.57. The van der Waals surface area contributed by atoms with E-state index in [-0.39, 0.29) is 11.9 Å². The summed E-state index contributed by atoms with van der Waals surface area (Å²) in [6, 6.07) is 12.4. The van der Waals surface area contributed by atoms with Gasteiger partial charge in [0, 0.05) is 20.7 Å². The Balaban J connectivity index is 2.13. The van der Waals surface area contributed by atoms with Crippen molar-refractivity contribution in [2.45, 2.75) is 13.0 Å². The maximum absolute atomic E-state index is 12.2. The van der Waals surface area contributed by atoms with Crippen molar-refractivity contribution >= 4 is 39.1 Å². The zero-order valence-corrected chi connectivity index (χ0v) is 13.2. The molecule has 2 aromatic rings. The number of amides is 1. The van der Waals surface area contributed by atoms with E-state index in [1.807, 2.05) is 25.1 Å². The number of halogens is 2. The van der Waals surface area contributed by atoms with Crippen LogP contribution < -0.4 is 11.1 Å². The minimum absolute atomic E-state index is 0.133. The van der Waals surface area contributed by atoms with Gasteiger partial charge in [-0.1, -0.05) is 23.7 Å². The maximum Gasteiger partial charge on any atom is 0.251 e. The van der Waals surface area contributed by atoms with Crippen LogP contribution in [-0.4, -0.2) is 5.91 Å². The van der Waals surface area contributed by atoms with Crippen molar-refractivity contribution in [1.82, 2.24) is 5.32 Å². The zero-order valence-electron chi connectivity index (χ0n) is 10.9. The van der Waals surface area contributed by atoms with Crippen LogP contribution in [0.15, 0.2) is 46.9 Å². The van der Waals surface area contributed by atoms with Gasteiger partial charge in [0.2, 0.25) is 0 Å². The average molecular weight is 354 g/mol. The lowest BCUT2D eigenvalue weighted by Gasteiger charge is -2.15. The highest BCUT2D eigenvalue weighted by Gasteiger charge is 2.12. The molecule has 0 aromatic heterocycles. The topological polar surface area (TPSA) is 55.1 Å². The molecule has 2 aromatic carbocycles. The molecule has 0 radical (unpaired) electrons. The van der Waals surface area contributed by atoms with Gasteiger partial charge in [0.05, 0.1) is 6.04 Å². The van der Waals surface area contributed by atoms with E-state index in [0.29, 0.717) is 16.3 Å². The quantitative estimate of drug-likeness (QED) is 0.813. The molecule has 0 fully saturated rings. The highest BCUT2D eigenvalue weighted by molar-refractivity contribution is 9.10. The first kappa shape index (κ1) is 14.9. The van der Waals surface area contributed by atoms with Crippen molar-refractivity contribution in [3.63, 3.8) is 0 Å². The van der Waals surface area contributed by atoms with Crippen LogP contribution in [0.1, 0.15) is 28.9 Å². The van der Waals surface area contributed by atoms with Crippen LogP contribution >= 0.6 is 27.5 Å². The van der Waals surface area contributed by atoms with Crippen molar-refractivity contribution in [3.05, 3.63) is 63.1 Å². The molecule has 20 heavy (non-hydrogen) atoms. The molecule has 1 atom stereocenters. The van der Waals surface area contributed by atoms with Crippen molar-refractivity contribution in [1.29, 1.82) is 0 Å². The number of nitrogens with two attached hydrogens (primary N) is 1. The van der Waals surface area contributed by atoms with E-state index in [4.69, 9.17) is 17.3 Å². The summed E-state index contributed by atoms with van der Waals surface area (Å²) in [6.07, 6.45) is 0. The lowest BCUT2D eigenvalue weighted by molar-refractivity contribution is 0.0940. The van der Waals surface area contributed by atoms with E-state index in [1.165, 1.54) is 0 Å². The number of hydrogen-bond donors (Lipinski definition) is 2. The van der Waals surface area contributed by atoms with Gasteiger partial charge in [0.1, 0.15) is 0 Å². The van der Waals surface area contributed by atoms with Gasteiger partial charge in [0.25, 0.3) is 5.91 Å². The molecule has 104 valence electrons. The zero-order chi connectivity index (χ0) is 14.7. The van der Waals surface area contributed by atoms with Crippen LogP contribution in [0.4, 0.5) is 5.69 Å². The fourth-order valence-corrected chi connectivity index (χ4v) is 2.27. The van der Waals surface area contributed by atoms with E-state index in [1.54, 1.807) is 24.3 Å². The third kappa shape index (κ3) is 3.52. The molecule has 0 saturated carbocycles. The van der Waals surface area contributed by atoms with Gasteiger partial charge in [-0.2, -0.15) is 0 Å². The van der Waals surface area contributed by atoms with E-state index >= 15 is 0 Å². The van der Waals surface area contributed by atoms with Crippen molar-refractivity contribution in [3.8, 4) is 0 Å². The van der Waals surface area contributed by atoms with Crippen LogP contribution in [0.25, 0.3) is 0 Å². The van der Waals surface area contributed by atoms with Gasteiger partial charge in [-0.05, 0) is 58.7 Å². The summed E-state index contributed by atoms with van der Waals surface area (Å²) in [6.45, 7) is 1.91. The number of carbonyl (C=O) groups is 1. The molecule has 3 N–H and O–H groups in total. The molecule has 0 aliphatic heterocycles. The fourth-order valence-electron chi connectivity index (χ4n) is 1.82. The number of hydrogen-bond acceptors (Lipinski definition) is 2.